The molecule has 3 rings (SSSR count). The molecule has 29 heavy (non-hydrogen) atoms. The van der Waals surface area contributed by atoms with Crippen LogP contribution in [0.2, 0.25) is 0 Å². The van der Waals surface area contributed by atoms with Gasteiger partial charge in [0, 0.05) is 17.3 Å². The molecule has 0 aromatic heterocycles. The van der Waals surface area contributed by atoms with E-state index >= 15 is 0 Å². The average molecular weight is 390 g/mol. The fraction of sp³-hybridized carbons (Fsp3) is 0.0909. The van der Waals surface area contributed by atoms with Crippen molar-refractivity contribution >= 4 is 23.3 Å². The van der Waals surface area contributed by atoms with Gasteiger partial charge in [0.05, 0.1) is 10.5 Å². The Hall–Kier alpha value is -4.00. The molecule has 146 valence electrons. The smallest absolute Gasteiger partial charge is 0.339 e. The minimum absolute atomic E-state index is 0.0548. The summed E-state index contributed by atoms with van der Waals surface area (Å²) in [6.45, 7) is 0.963. The van der Waals surface area contributed by atoms with E-state index in [4.69, 9.17) is 4.74 Å². The number of anilines is 1. The molecule has 3 aromatic rings. The van der Waals surface area contributed by atoms with Crippen molar-refractivity contribution in [3.8, 4) is 11.1 Å². The summed E-state index contributed by atoms with van der Waals surface area (Å²) in [5.41, 5.74) is 2.71. The van der Waals surface area contributed by atoms with Crippen LogP contribution in [0.1, 0.15) is 15.9 Å². The summed E-state index contributed by atoms with van der Waals surface area (Å²) in [5.74, 6) is -1.30. The van der Waals surface area contributed by atoms with Crippen molar-refractivity contribution in [2.24, 2.45) is 0 Å². The van der Waals surface area contributed by atoms with Crippen LogP contribution in [-0.2, 0) is 9.53 Å². The summed E-state index contributed by atoms with van der Waals surface area (Å²) in [6.07, 6.45) is 0. The van der Waals surface area contributed by atoms with Crippen molar-refractivity contribution in [3.63, 3.8) is 0 Å². The zero-order chi connectivity index (χ0) is 20.8. The third kappa shape index (κ3) is 4.84. The van der Waals surface area contributed by atoms with Gasteiger partial charge in [0.1, 0.15) is 0 Å². The van der Waals surface area contributed by atoms with Gasteiger partial charge in [0.15, 0.2) is 6.61 Å². The molecule has 0 saturated carbocycles. The first kappa shape index (κ1) is 19.8. The molecule has 7 nitrogen and oxygen atoms in total. The second kappa shape index (κ2) is 8.79. The molecular weight excluding hydrogens is 372 g/mol. The van der Waals surface area contributed by atoms with Crippen LogP contribution in [0, 0.1) is 17.0 Å². The lowest BCUT2D eigenvalue weighted by Crippen LogP contribution is -2.21. The highest BCUT2D eigenvalue weighted by molar-refractivity contribution is 5.96. The van der Waals surface area contributed by atoms with Crippen molar-refractivity contribution < 1.29 is 19.2 Å². The molecule has 1 amide bonds. The number of hydrogen-bond acceptors (Lipinski definition) is 5. The number of nitrogens with one attached hydrogen (secondary N) is 1. The highest BCUT2D eigenvalue weighted by Crippen LogP contribution is 2.22. The van der Waals surface area contributed by atoms with Gasteiger partial charge in [0.25, 0.3) is 11.6 Å². The molecule has 3 aromatic carbocycles. The quantitative estimate of drug-likeness (QED) is 0.383. The van der Waals surface area contributed by atoms with Crippen LogP contribution in [-0.4, -0.2) is 23.4 Å². The normalized spacial score (nSPS) is 10.2. The second-order valence-electron chi connectivity index (χ2n) is 6.27. The molecule has 0 bridgehead atoms. The summed E-state index contributed by atoms with van der Waals surface area (Å²) in [7, 11) is 0. The lowest BCUT2D eigenvalue weighted by Gasteiger charge is -2.09. The number of amides is 1. The van der Waals surface area contributed by atoms with E-state index in [2.05, 4.69) is 5.32 Å². The summed E-state index contributed by atoms with van der Waals surface area (Å²) in [5, 5.41) is 13.6. The number of ether oxygens (including phenoxy) is 1. The first-order valence-corrected chi connectivity index (χ1v) is 8.82. The average Bonchev–Trinajstić information content (AvgIpc) is 2.73. The van der Waals surface area contributed by atoms with Crippen LogP contribution in [0.4, 0.5) is 11.4 Å². The van der Waals surface area contributed by atoms with Crippen LogP contribution in [0.15, 0.2) is 72.8 Å². The number of esters is 1. The van der Waals surface area contributed by atoms with Gasteiger partial charge in [-0.25, -0.2) is 4.79 Å². The van der Waals surface area contributed by atoms with Gasteiger partial charge in [-0.3, -0.25) is 14.9 Å². The monoisotopic (exact) mass is 390 g/mol. The highest BCUT2D eigenvalue weighted by Gasteiger charge is 2.19. The van der Waals surface area contributed by atoms with Crippen LogP contribution in [0.3, 0.4) is 0 Å². The van der Waals surface area contributed by atoms with Crippen molar-refractivity contribution in [2.75, 3.05) is 11.9 Å². The maximum atomic E-state index is 12.2. The first-order valence-electron chi connectivity index (χ1n) is 8.82. The minimum atomic E-state index is -0.791. The molecule has 0 aliphatic heterocycles. The topological polar surface area (TPSA) is 98.5 Å². The predicted octanol–water partition coefficient (Wildman–Crippen LogP) is 4.37. The van der Waals surface area contributed by atoms with Crippen LogP contribution in [0.25, 0.3) is 11.1 Å². The summed E-state index contributed by atoms with van der Waals surface area (Å²) >= 11 is 0. The maximum Gasteiger partial charge on any atom is 0.339 e. The largest absolute Gasteiger partial charge is 0.452 e. The standard InChI is InChI=1S/C22H18N2O5/c1-15-19(8-5-9-20(15)24(27)28)22(26)29-14-21(25)23-18-12-10-17(11-13-18)16-6-3-2-4-7-16/h2-13H,14H2,1H3,(H,23,25). The molecule has 0 aliphatic carbocycles. The molecule has 0 atom stereocenters. The number of hydrogen-bond donors (Lipinski definition) is 1. The maximum absolute atomic E-state index is 12.2. The number of rotatable bonds is 6. The second-order valence-corrected chi connectivity index (χ2v) is 6.27. The Morgan fingerprint density at radius 2 is 1.59 bits per heavy atom. The number of nitro benzene ring substituents is 1. The van der Waals surface area contributed by atoms with E-state index in [-0.39, 0.29) is 16.8 Å². The van der Waals surface area contributed by atoms with E-state index in [1.807, 2.05) is 42.5 Å². The zero-order valence-corrected chi connectivity index (χ0v) is 15.6. The van der Waals surface area contributed by atoms with Crippen molar-refractivity contribution in [1.82, 2.24) is 0 Å². The van der Waals surface area contributed by atoms with Crippen molar-refractivity contribution in [1.29, 1.82) is 0 Å². The third-order valence-corrected chi connectivity index (χ3v) is 4.33. The van der Waals surface area contributed by atoms with Crippen molar-refractivity contribution in [2.45, 2.75) is 6.92 Å². The lowest BCUT2D eigenvalue weighted by atomic mass is 10.1. The van der Waals surface area contributed by atoms with Crippen LogP contribution in [0.5, 0.6) is 0 Å². The number of nitro groups is 1. The highest BCUT2D eigenvalue weighted by atomic mass is 16.6. The van der Waals surface area contributed by atoms with E-state index in [9.17, 15) is 19.7 Å². The lowest BCUT2D eigenvalue weighted by molar-refractivity contribution is -0.385. The molecule has 7 heteroatoms. The summed E-state index contributed by atoms with van der Waals surface area (Å²) in [4.78, 5) is 34.6. The van der Waals surface area contributed by atoms with Gasteiger partial charge >= 0.3 is 5.97 Å². The molecule has 1 N–H and O–H groups in total. The van der Waals surface area contributed by atoms with Gasteiger partial charge < -0.3 is 10.1 Å². The molecule has 0 fully saturated rings. The molecular formula is C22H18N2O5. The van der Waals surface area contributed by atoms with E-state index in [0.29, 0.717) is 5.69 Å². The SMILES string of the molecule is Cc1c(C(=O)OCC(=O)Nc2ccc(-c3ccccc3)cc2)cccc1[N+](=O)[O-]. The molecule has 0 heterocycles. The predicted molar refractivity (Wildman–Crippen MR) is 109 cm³/mol. The van der Waals surface area contributed by atoms with Gasteiger partial charge in [0.2, 0.25) is 0 Å². The number of carbonyl (C=O) groups is 2. The molecule has 0 unspecified atom stereocenters. The van der Waals surface area contributed by atoms with E-state index in [1.165, 1.54) is 25.1 Å². The Morgan fingerprint density at radius 3 is 2.24 bits per heavy atom. The Kier molecular flexibility index (Phi) is 5.99. The fourth-order valence-electron chi connectivity index (χ4n) is 2.82. The summed E-state index contributed by atoms with van der Waals surface area (Å²) < 4.78 is 5.00. The Balaban J connectivity index is 1.58. The number of nitrogens with zero attached hydrogens (tertiary/aromatic N) is 1. The number of carbonyl (C=O) groups excluding carboxylic acids is 2. The van der Waals surface area contributed by atoms with Gasteiger partial charge in [-0.1, -0.05) is 48.5 Å². The Morgan fingerprint density at radius 1 is 0.931 bits per heavy atom. The van der Waals surface area contributed by atoms with Gasteiger partial charge in [-0.2, -0.15) is 0 Å². The Bertz CT molecular complexity index is 1050. The molecule has 0 saturated heterocycles. The number of benzene rings is 3. The van der Waals surface area contributed by atoms with E-state index in [1.54, 1.807) is 12.1 Å². The first-order chi connectivity index (χ1) is 14.0. The molecule has 0 aliphatic rings. The third-order valence-electron chi connectivity index (χ3n) is 4.33. The van der Waals surface area contributed by atoms with E-state index < -0.39 is 23.4 Å². The van der Waals surface area contributed by atoms with Crippen LogP contribution >= 0.6 is 0 Å². The molecule has 0 radical (unpaired) electrons. The zero-order valence-electron chi connectivity index (χ0n) is 15.6. The molecule has 0 spiro atoms. The van der Waals surface area contributed by atoms with Crippen molar-refractivity contribution in [3.05, 3.63) is 94.0 Å². The minimum Gasteiger partial charge on any atom is -0.452 e. The van der Waals surface area contributed by atoms with Crippen LogP contribution < -0.4 is 5.32 Å². The fourth-order valence-corrected chi connectivity index (χ4v) is 2.82. The Labute approximate surface area is 167 Å². The van der Waals surface area contributed by atoms with Gasteiger partial charge in [-0.05, 0) is 36.2 Å². The van der Waals surface area contributed by atoms with E-state index in [0.717, 1.165) is 11.1 Å². The van der Waals surface area contributed by atoms with Gasteiger partial charge in [-0.15, -0.1) is 0 Å². The summed E-state index contributed by atoms with van der Waals surface area (Å²) in [6, 6.07) is 21.2.